The molecule has 0 aromatic rings. The fourth-order valence-corrected chi connectivity index (χ4v) is 4.92. The first kappa shape index (κ1) is 16.7. The standard InChI is InChI=1S/C14H26N2O4S/c1-15(10-5-13(17)18)21(19,20)16-11-8-14(9-12-16)6-3-2-4-7-14/h2-12H2,1H3,(H,17,18). The number of hydrogen-bond donors (Lipinski definition) is 1. The third kappa shape index (κ3) is 3.96. The summed E-state index contributed by atoms with van der Waals surface area (Å²) in [7, 11) is -2.05. The summed E-state index contributed by atoms with van der Waals surface area (Å²) in [5, 5.41) is 8.67. The Balaban J connectivity index is 1.92. The molecule has 6 nitrogen and oxygen atoms in total. The highest BCUT2D eigenvalue weighted by atomic mass is 32.2. The maximum absolute atomic E-state index is 12.4. The van der Waals surface area contributed by atoms with Gasteiger partial charge in [-0.3, -0.25) is 4.79 Å². The normalized spacial score (nSPS) is 23.5. The lowest BCUT2D eigenvalue weighted by atomic mass is 9.68. The largest absolute Gasteiger partial charge is 0.481 e. The van der Waals surface area contributed by atoms with E-state index in [1.165, 1.54) is 47.8 Å². The molecule has 1 N–H and O–H groups in total. The summed E-state index contributed by atoms with van der Waals surface area (Å²) in [6.45, 7) is 1.17. The van der Waals surface area contributed by atoms with Crippen LogP contribution in [0.25, 0.3) is 0 Å². The second-order valence-electron chi connectivity index (χ2n) is 6.43. The number of carbonyl (C=O) groups is 1. The van der Waals surface area contributed by atoms with Crippen molar-refractivity contribution < 1.29 is 18.3 Å². The third-order valence-corrected chi connectivity index (χ3v) is 7.05. The molecule has 0 aromatic heterocycles. The second-order valence-corrected chi connectivity index (χ2v) is 8.47. The van der Waals surface area contributed by atoms with Crippen LogP contribution in [-0.2, 0) is 15.0 Å². The molecule has 0 radical (unpaired) electrons. The summed E-state index contributed by atoms with van der Waals surface area (Å²) in [4.78, 5) is 10.6. The van der Waals surface area contributed by atoms with Crippen molar-refractivity contribution in [3.63, 3.8) is 0 Å². The van der Waals surface area contributed by atoms with Crippen molar-refractivity contribution in [1.29, 1.82) is 0 Å². The predicted octanol–water partition coefficient (Wildman–Crippen LogP) is 1.68. The van der Waals surface area contributed by atoms with Gasteiger partial charge >= 0.3 is 5.97 Å². The summed E-state index contributed by atoms with van der Waals surface area (Å²) in [6, 6.07) is 0. The molecule has 1 aliphatic heterocycles. The molecule has 21 heavy (non-hydrogen) atoms. The van der Waals surface area contributed by atoms with Gasteiger partial charge < -0.3 is 5.11 Å². The highest BCUT2D eigenvalue weighted by Gasteiger charge is 2.39. The van der Waals surface area contributed by atoms with Crippen LogP contribution in [-0.4, -0.2) is 54.8 Å². The third-order valence-electron chi connectivity index (χ3n) is 5.06. The number of carboxylic acids is 1. The summed E-state index contributed by atoms with van der Waals surface area (Å²) >= 11 is 0. The highest BCUT2D eigenvalue weighted by Crippen LogP contribution is 2.44. The van der Waals surface area contributed by atoms with Crippen LogP contribution in [0.4, 0.5) is 0 Å². The molecule has 1 spiro atoms. The fraction of sp³-hybridized carbons (Fsp3) is 0.929. The molecular weight excluding hydrogens is 292 g/mol. The van der Waals surface area contributed by atoms with Crippen molar-refractivity contribution in [2.75, 3.05) is 26.7 Å². The molecule has 7 heteroatoms. The smallest absolute Gasteiger partial charge is 0.304 e. The Hall–Kier alpha value is -0.660. The van der Waals surface area contributed by atoms with Crippen LogP contribution in [0.15, 0.2) is 0 Å². The minimum absolute atomic E-state index is 0.0271. The van der Waals surface area contributed by atoms with E-state index in [9.17, 15) is 13.2 Å². The minimum atomic E-state index is -3.51. The molecule has 1 aliphatic carbocycles. The maximum Gasteiger partial charge on any atom is 0.304 e. The molecule has 1 heterocycles. The Morgan fingerprint density at radius 1 is 1.14 bits per heavy atom. The topological polar surface area (TPSA) is 77.9 Å². The van der Waals surface area contributed by atoms with Crippen molar-refractivity contribution >= 4 is 16.2 Å². The van der Waals surface area contributed by atoms with Gasteiger partial charge in [0.25, 0.3) is 10.2 Å². The molecule has 1 saturated carbocycles. The van der Waals surface area contributed by atoms with Crippen molar-refractivity contribution in [1.82, 2.24) is 8.61 Å². The SMILES string of the molecule is CN(CCC(=O)O)S(=O)(=O)N1CCC2(CCCCC2)CC1. The van der Waals surface area contributed by atoms with Crippen molar-refractivity contribution in [3.05, 3.63) is 0 Å². The minimum Gasteiger partial charge on any atom is -0.481 e. The summed E-state index contributed by atoms with van der Waals surface area (Å²) in [5.74, 6) is -0.975. The van der Waals surface area contributed by atoms with Gasteiger partial charge in [-0.2, -0.15) is 17.0 Å². The van der Waals surface area contributed by atoms with Crippen LogP contribution in [0.1, 0.15) is 51.4 Å². The number of hydrogen-bond acceptors (Lipinski definition) is 3. The number of nitrogens with zero attached hydrogens (tertiary/aromatic N) is 2. The quantitative estimate of drug-likeness (QED) is 0.836. The first-order valence-corrected chi connectivity index (χ1v) is 9.19. The number of piperidine rings is 1. The zero-order chi connectivity index (χ0) is 15.5. The number of aliphatic carboxylic acids is 1. The van der Waals surface area contributed by atoms with Crippen LogP contribution in [0.5, 0.6) is 0 Å². The van der Waals surface area contributed by atoms with E-state index in [0.717, 1.165) is 12.8 Å². The molecule has 0 amide bonds. The van der Waals surface area contributed by atoms with E-state index in [4.69, 9.17) is 5.11 Å². The predicted molar refractivity (Wildman–Crippen MR) is 80.1 cm³/mol. The molecule has 0 atom stereocenters. The second kappa shape index (κ2) is 6.62. The Bertz CT molecular complexity index is 461. The zero-order valence-electron chi connectivity index (χ0n) is 12.8. The lowest BCUT2D eigenvalue weighted by molar-refractivity contribution is -0.137. The summed E-state index contributed by atoms with van der Waals surface area (Å²) in [6.07, 6.45) is 8.04. The van der Waals surface area contributed by atoms with Crippen LogP contribution >= 0.6 is 0 Å². The Kier molecular flexibility index (Phi) is 5.27. The summed E-state index contributed by atoms with van der Waals surface area (Å²) < 4.78 is 27.5. The molecule has 0 unspecified atom stereocenters. The van der Waals surface area contributed by atoms with E-state index in [1.807, 2.05) is 0 Å². The maximum atomic E-state index is 12.4. The zero-order valence-corrected chi connectivity index (χ0v) is 13.6. The van der Waals surface area contributed by atoms with Gasteiger partial charge in [0.05, 0.1) is 6.42 Å². The Morgan fingerprint density at radius 2 is 1.71 bits per heavy atom. The molecule has 2 aliphatic rings. The van der Waals surface area contributed by atoms with E-state index in [1.54, 1.807) is 0 Å². The molecule has 122 valence electrons. The summed E-state index contributed by atoms with van der Waals surface area (Å²) in [5.41, 5.74) is 0.365. The lowest BCUT2D eigenvalue weighted by Crippen LogP contribution is -2.49. The molecule has 2 fully saturated rings. The average molecular weight is 318 g/mol. The first-order valence-electron chi connectivity index (χ1n) is 7.79. The van der Waals surface area contributed by atoms with Gasteiger partial charge in [0.15, 0.2) is 0 Å². The van der Waals surface area contributed by atoms with Crippen LogP contribution in [0.3, 0.4) is 0 Å². The van der Waals surface area contributed by atoms with E-state index in [0.29, 0.717) is 18.5 Å². The van der Waals surface area contributed by atoms with Gasteiger partial charge in [-0.15, -0.1) is 0 Å². The molecule has 0 bridgehead atoms. The molecule has 2 rings (SSSR count). The molecule has 1 saturated heterocycles. The van der Waals surface area contributed by atoms with Crippen LogP contribution in [0, 0.1) is 5.41 Å². The highest BCUT2D eigenvalue weighted by molar-refractivity contribution is 7.86. The van der Waals surface area contributed by atoms with E-state index in [2.05, 4.69) is 0 Å². The molecule has 0 aromatic carbocycles. The fourth-order valence-electron chi connectivity index (χ4n) is 3.56. The van der Waals surface area contributed by atoms with E-state index in [-0.39, 0.29) is 13.0 Å². The average Bonchev–Trinajstić information content (AvgIpc) is 2.46. The van der Waals surface area contributed by atoms with Crippen molar-refractivity contribution in [2.45, 2.75) is 51.4 Å². The lowest BCUT2D eigenvalue weighted by Gasteiger charge is -2.44. The number of rotatable bonds is 5. The monoisotopic (exact) mass is 318 g/mol. The Morgan fingerprint density at radius 3 is 2.24 bits per heavy atom. The van der Waals surface area contributed by atoms with Crippen LogP contribution < -0.4 is 0 Å². The van der Waals surface area contributed by atoms with Gasteiger partial charge in [0.1, 0.15) is 0 Å². The van der Waals surface area contributed by atoms with Gasteiger partial charge in [-0.1, -0.05) is 19.3 Å². The van der Waals surface area contributed by atoms with E-state index >= 15 is 0 Å². The first-order chi connectivity index (χ1) is 9.86. The Labute approximate surface area is 127 Å². The van der Waals surface area contributed by atoms with Crippen molar-refractivity contribution in [2.24, 2.45) is 5.41 Å². The van der Waals surface area contributed by atoms with Gasteiger partial charge in [-0.25, -0.2) is 0 Å². The molecular formula is C14H26N2O4S. The number of carboxylic acid groups (broad SMARTS) is 1. The van der Waals surface area contributed by atoms with Crippen LogP contribution in [0.2, 0.25) is 0 Å². The van der Waals surface area contributed by atoms with Gasteiger partial charge in [0.2, 0.25) is 0 Å². The van der Waals surface area contributed by atoms with E-state index < -0.39 is 16.2 Å². The van der Waals surface area contributed by atoms with Gasteiger partial charge in [-0.05, 0) is 31.1 Å². The van der Waals surface area contributed by atoms with Crippen molar-refractivity contribution in [3.8, 4) is 0 Å². The van der Waals surface area contributed by atoms with Gasteiger partial charge in [0, 0.05) is 26.7 Å².